The molecule has 2 aromatic rings. The maximum Gasteiger partial charge on any atom is 0.123 e. The van der Waals surface area contributed by atoms with Crippen molar-refractivity contribution < 1.29 is 4.39 Å². The first-order valence-corrected chi connectivity index (χ1v) is 7.25. The molecule has 1 unspecified atom stereocenters. The molecule has 0 aromatic heterocycles. The van der Waals surface area contributed by atoms with Crippen LogP contribution in [0, 0.1) is 5.82 Å². The summed E-state index contributed by atoms with van der Waals surface area (Å²) in [6.07, 6.45) is 0.979. The second-order valence-corrected chi connectivity index (χ2v) is 5.39. The molecule has 0 radical (unpaired) electrons. The molecule has 0 bridgehead atoms. The SMILES string of the molecule is CCC(N[C@@H](C)c1ccc(F)cc1)c1ccc(Cl)cc1. The average Bonchev–Trinajstić information content (AvgIpc) is 2.46. The minimum absolute atomic E-state index is 0.163. The van der Waals surface area contributed by atoms with Crippen LogP contribution in [0.3, 0.4) is 0 Å². The van der Waals surface area contributed by atoms with Crippen LogP contribution in [0.25, 0.3) is 0 Å². The summed E-state index contributed by atoms with van der Waals surface area (Å²) in [4.78, 5) is 0. The molecule has 0 saturated heterocycles. The molecule has 0 fully saturated rings. The van der Waals surface area contributed by atoms with E-state index in [2.05, 4.69) is 19.2 Å². The zero-order valence-electron chi connectivity index (χ0n) is 11.7. The van der Waals surface area contributed by atoms with Gasteiger partial charge in [-0.1, -0.05) is 42.8 Å². The van der Waals surface area contributed by atoms with Crippen LogP contribution in [-0.4, -0.2) is 0 Å². The summed E-state index contributed by atoms with van der Waals surface area (Å²) in [6, 6.07) is 15.0. The average molecular weight is 292 g/mol. The largest absolute Gasteiger partial charge is 0.303 e. The Hall–Kier alpha value is -1.38. The summed E-state index contributed by atoms with van der Waals surface area (Å²) in [7, 11) is 0. The van der Waals surface area contributed by atoms with Crippen molar-refractivity contribution in [2.45, 2.75) is 32.4 Å². The van der Waals surface area contributed by atoms with Gasteiger partial charge < -0.3 is 5.32 Å². The van der Waals surface area contributed by atoms with E-state index in [1.807, 2.05) is 36.4 Å². The zero-order valence-corrected chi connectivity index (χ0v) is 12.5. The summed E-state index contributed by atoms with van der Waals surface area (Å²) in [5.41, 5.74) is 2.30. The monoisotopic (exact) mass is 291 g/mol. The molecule has 0 saturated carbocycles. The van der Waals surface area contributed by atoms with Crippen molar-refractivity contribution in [3.63, 3.8) is 0 Å². The van der Waals surface area contributed by atoms with Crippen LogP contribution in [0.4, 0.5) is 4.39 Å². The Bertz CT molecular complexity index is 536. The molecule has 0 aliphatic heterocycles. The third-order valence-electron chi connectivity index (χ3n) is 3.50. The number of benzene rings is 2. The van der Waals surface area contributed by atoms with Crippen LogP contribution in [0.1, 0.15) is 43.5 Å². The lowest BCUT2D eigenvalue weighted by molar-refractivity contribution is 0.456. The highest BCUT2D eigenvalue weighted by molar-refractivity contribution is 6.30. The van der Waals surface area contributed by atoms with Gasteiger partial charge in [-0.15, -0.1) is 0 Å². The smallest absolute Gasteiger partial charge is 0.123 e. The number of nitrogens with one attached hydrogen (secondary N) is 1. The first-order valence-electron chi connectivity index (χ1n) is 6.87. The van der Waals surface area contributed by atoms with Crippen molar-refractivity contribution >= 4 is 11.6 Å². The Morgan fingerprint density at radius 2 is 1.55 bits per heavy atom. The second-order valence-electron chi connectivity index (χ2n) is 4.95. The van der Waals surface area contributed by atoms with E-state index in [-0.39, 0.29) is 17.9 Å². The van der Waals surface area contributed by atoms with Crippen LogP contribution in [0.15, 0.2) is 48.5 Å². The van der Waals surface area contributed by atoms with Crippen molar-refractivity contribution in [3.05, 3.63) is 70.5 Å². The molecule has 20 heavy (non-hydrogen) atoms. The standard InChI is InChI=1S/C17H19ClFN/c1-3-17(14-4-8-15(18)9-5-14)20-12(2)13-6-10-16(19)11-7-13/h4-12,17,20H,3H2,1-2H3/t12-,17?/m0/s1. The molecule has 0 aliphatic carbocycles. The fourth-order valence-electron chi connectivity index (χ4n) is 2.29. The van der Waals surface area contributed by atoms with E-state index in [1.165, 1.54) is 17.7 Å². The number of hydrogen-bond donors (Lipinski definition) is 1. The van der Waals surface area contributed by atoms with Crippen molar-refractivity contribution in [3.8, 4) is 0 Å². The molecule has 0 amide bonds. The molecule has 0 aliphatic rings. The minimum Gasteiger partial charge on any atom is -0.303 e. The molecular formula is C17H19ClFN. The molecule has 106 valence electrons. The molecule has 1 nitrogen and oxygen atoms in total. The van der Waals surface area contributed by atoms with Gasteiger partial charge in [0.1, 0.15) is 5.82 Å². The van der Waals surface area contributed by atoms with Gasteiger partial charge in [-0.05, 0) is 48.7 Å². The number of halogens is 2. The highest BCUT2D eigenvalue weighted by Crippen LogP contribution is 2.23. The number of rotatable bonds is 5. The highest BCUT2D eigenvalue weighted by Gasteiger charge is 2.13. The summed E-state index contributed by atoms with van der Waals surface area (Å²) < 4.78 is 12.9. The Morgan fingerprint density at radius 1 is 1.00 bits per heavy atom. The van der Waals surface area contributed by atoms with E-state index in [0.717, 1.165) is 17.0 Å². The van der Waals surface area contributed by atoms with Crippen LogP contribution in [0.2, 0.25) is 5.02 Å². The van der Waals surface area contributed by atoms with Gasteiger partial charge in [0.05, 0.1) is 0 Å². The Morgan fingerprint density at radius 3 is 2.10 bits per heavy atom. The van der Waals surface area contributed by atoms with Gasteiger partial charge in [0.25, 0.3) is 0 Å². The van der Waals surface area contributed by atoms with Gasteiger partial charge in [-0.3, -0.25) is 0 Å². The van der Waals surface area contributed by atoms with Gasteiger partial charge in [0, 0.05) is 17.1 Å². The zero-order chi connectivity index (χ0) is 14.5. The molecule has 2 atom stereocenters. The predicted molar refractivity (Wildman–Crippen MR) is 82.4 cm³/mol. The van der Waals surface area contributed by atoms with Crippen LogP contribution >= 0.6 is 11.6 Å². The van der Waals surface area contributed by atoms with Crippen LogP contribution in [-0.2, 0) is 0 Å². The van der Waals surface area contributed by atoms with E-state index in [0.29, 0.717) is 0 Å². The summed E-state index contributed by atoms with van der Waals surface area (Å²) in [6.45, 7) is 4.23. The van der Waals surface area contributed by atoms with Crippen LogP contribution < -0.4 is 5.32 Å². The van der Waals surface area contributed by atoms with Crippen LogP contribution in [0.5, 0.6) is 0 Å². The lowest BCUT2D eigenvalue weighted by atomic mass is 10.0. The molecular weight excluding hydrogens is 273 g/mol. The van der Waals surface area contributed by atoms with E-state index in [4.69, 9.17) is 11.6 Å². The van der Waals surface area contributed by atoms with Gasteiger partial charge >= 0.3 is 0 Å². The van der Waals surface area contributed by atoms with E-state index in [9.17, 15) is 4.39 Å². The normalized spacial score (nSPS) is 14.0. The van der Waals surface area contributed by atoms with Gasteiger partial charge in [0.15, 0.2) is 0 Å². The maximum atomic E-state index is 12.9. The van der Waals surface area contributed by atoms with Gasteiger partial charge in [-0.2, -0.15) is 0 Å². The van der Waals surface area contributed by atoms with Gasteiger partial charge in [-0.25, -0.2) is 4.39 Å². The third kappa shape index (κ3) is 3.81. The lowest BCUT2D eigenvalue weighted by Crippen LogP contribution is -2.24. The third-order valence-corrected chi connectivity index (χ3v) is 3.75. The Kier molecular flexibility index (Phi) is 5.16. The Labute approximate surface area is 124 Å². The molecule has 0 heterocycles. The molecule has 3 heteroatoms. The number of hydrogen-bond acceptors (Lipinski definition) is 1. The first-order chi connectivity index (χ1) is 9.60. The Balaban J connectivity index is 2.09. The fourth-order valence-corrected chi connectivity index (χ4v) is 2.42. The van der Waals surface area contributed by atoms with E-state index in [1.54, 1.807) is 0 Å². The highest BCUT2D eigenvalue weighted by atomic mass is 35.5. The van der Waals surface area contributed by atoms with E-state index < -0.39 is 0 Å². The van der Waals surface area contributed by atoms with E-state index >= 15 is 0 Å². The van der Waals surface area contributed by atoms with Crippen molar-refractivity contribution in [1.29, 1.82) is 0 Å². The molecule has 0 spiro atoms. The van der Waals surface area contributed by atoms with Gasteiger partial charge in [0.2, 0.25) is 0 Å². The molecule has 1 N–H and O–H groups in total. The summed E-state index contributed by atoms with van der Waals surface area (Å²) >= 11 is 5.92. The maximum absolute atomic E-state index is 12.9. The van der Waals surface area contributed by atoms with Crippen molar-refractivity contribution in [2.24, 2.45) is 0 Å². The molecule has 2 rings (SSSR count). The molecule has 2 aromatic carbocycles. The lowest BCUT2D eigenvalue weighted by Gasteiger charge is -2.23. The topological polar surface area (TPSA) is 12.0 Å². The fraction of sp³-hybridized carbons (Fsp3) is 0.294. The first kappa shape index (κ1) is 15.0. The quantitative estimate of drug-likeness (QED) is 0.790. The minimum atomic E-state index is -0.203. The van der Waals surface area contributed by atoms with Crippen molar-refractivity contribution in [1.82, 2.24) is 5.32 Å². The summed E-state index contributed by atoms with van der Waals surface area (Å²) in [5, 5.41) is 4.32. The van der Waals surface area contributed by atoms with Crippen molar-refractivity contribution in [2.75, 3.05) is 0 Å². The second kappa shape index (κ2) is 6.87. The summed E-state index contributed by atoms with van der Waals surface area (Å²) in [5.74, 6) is -0.203. The predicted octanol–water partition coefficient (Wildman–Crippen LogP) is 5.28.